The SMILES string of the molecule is COC(C)C(C)NCC1(CC(C)C)CC1. The predicted octanol–water partition coefficient (Wildman–Crippen LogP) is 2.83. The summed E-state index contributed by atoms with van der Waals surface area (Å²) >= 11 is 0. The average molecular weight is 213 g/mol. The summed E-state index contributed by atoms with van der Waals surface area (Å²) in [5.74, 6) is 0.824. The molecule has 0 bridgehead atoms. The summed E-state index contributed by atoms with van der Waals surface area (Å²) in [7, 11) is 1.78. The molecule has 0 radical (unpaired) electrons. The van der Waals surface area contributed by atoms with Crippen molar-refractivity contribution < 1.29 is 4.74 Å². The van der Waals surface area contributed by atoms with Crippen LogP contribution < -0.4 is 5.32 Å². The molecule has 0 aromatic rings. The van der Waals surface area contributed by atoms with E-state index >= 15 is 0 Å². The van der Waals surface area contributed by atoms with Crippen molar-refractivity contribution in [3.8, 4) is 0 Å². The molecule has 1 saturated carbocycles. The maximum absolute atomic E-state index is 5.32. The molecule has 90 valence electrons. The van der Waals surface area contributed by atoms with Crippen molar-refractivity contribution in [2.45, 2.75) is 59.1 Å². The molecule has 2 unspecified atom stereocenters. The van der Waals surface area contributed by atoms with Crippen molar-refractivity contribution in [3.05, 3.63) is 0 Å². The Labute approximate surface area is 94.8 Å². The fourth-order valence-corrected chi connectivity index (χ4v) is 2.24. The summed E-state index contributed by atoms with van der Waals surface area (Å²) in [5.41, 5.74) is 0.621. The van der Waals surface area contributed by atoms with Crippen LogP contribution in [0.5, 0.6) is 0 Å². The van der Waals surface area contributed by atoms with E-state index in [4.69, 9.17) is 4.74 Å². The van der Waals surface area contributed by atoms with Crippen molar-refractivity contribution in [1.29, 1.82) is 0 Å². The Hall–Kier alpha value is -0.0800. The topological polar surface area (TPSA) is 21.3 Å². The van der Waals surface area contributed by atoms with Gasteiger partial charge < -0.3 is 10.1 Å². The highest BCUT2D eigenvalue weighted by Gasteiger charge is 2.42. The number of ether oxygens (including phenoxy) is 1. The van der Waals surface area contributed by atoms with Gasteiger partial charge >= 0.3 is 0 Å². The van der Waals surface area contributed by atoms with E-state index in [9.17, 15) is 0 Å². The van der Waals surface area contributed by atoms with Gasteiger partial charge in [-0.05, 0) is 44.4 Å². The molecular weight excluding hydrogens is 186 g/mol. The number of hydrogen-bond acceptors (Lipinski definition) is 2. The van der Waals surface area contributed by atoms with Crippen molar-refractivity contribution in [2.24, 2.45) is 11.3 Å². The van der Waals surface area contributed by atoms with Gasteiger partial charge in [0.2, 0.25) is 0 Å². The van der Waals surface area contributed by atoms with E-state index in [1.807, 2.05) is 0 Å². The molecule has 0 spiro atoms. The molecule has 0 saturated heterocycles. The second-order valence-electron chi connectivity index (χ2n) is 5.71. The van der Waals surface area contributed by atoms with Gasteiger partial charge in [0.05, 0.1) is 6.10 Å². The van der Waals surface area contributed by atoms with Gasteiger partial charge in [-0.2, -0.15) is 0 Å². The number of methoxy groups -OCH3 is 1. The lowest BCUT2D eigenvalue weighted by Gasteiger charge is -2.24. The van der Waals surface area contributed by atoms with Crippen LogP contribution in [0, 0.1) is 11.3 Å². The Kier molecular flexibility index (Phi) is 4.60. The Morgan fingerprint density at radius 2 is 1.80 bits per heavy atom. The van der Waals surface area contributed by atoms with E-state index in [2.05, 4.69) is 33.0 Å². The molecule has 1 aliphatic carbocycles. The van der Waals surface area contributed by atoms with Gasteiger partial charge in [0.15, 0.2) is 0 Å². The van der Waals surface area contributed by atoms with Crippen molar-refractivity contribution >= 4 is 0 Å². The zero-order valence-electron chi connectivity index (χ0n) is 11.0. The molecule has 2 nitrogen and oxygen atoms in total. The summed E-state index contributed by atoms with van der Waals surface area (Å²) in [6.45, 7) is 10.1. The van der Waals surface area contributed by atoms with E-state index in [1.54, 1.807) is 7.11 Å². The molecule has 0 aromatic carbocycles. The summed E-state index contributed by atoms with van der Waals surface area (Å²) < 4.78 is 5.32. The quantitative estimate of drug-likeness (QED) is 0.702. The summed E-state index contributed by atoms with van der Waals surface area (Å²) in [4.78, 5) is 0. The molecule has 15 heavy (non-hydrogen) atoms. The molecule has 1 N–H and O–H groups in total. The monoisotopic (exact) mass is 213 g/mol. The van der Waals surface area contributed by atoms with Crippen LogP contribution in [0.4, 0.5) is 0 Å². The fourth-order valence-electron chi connectivity index (χ4n) is 2.24. The highest BCUT2D eigenvalue weighted by atomic mass is 16.5. The minimum atomic E-state index is 0.305. The zero-order valence-corrected chi connectivity index (χ0v) is 11.0. The maximum atomic E-state index is 5.32. The first-order valence-corrected chi connectivity index (χ1v) is 6.25. The van der Waals surface area contributed by atoms with Crippen molar-refractivity contribution in [3.63, 3.8) is 0 Å². The van der Waals surface area contributed by atoms with Crippen LogP contribution in [0.1, 0.15) is 47.0 Å². The van der Waals surface area contributed by atoms with Gasteiger partial charge in [0, 0.05) is 19.7 Å². The second-order valence-corrected chi connectivity index (χ2v) is 5.71. The molecule has 0 aromatic heterocycles. The van der Waals surface area contributed by atoms with Crippen molar-refractivity contribution in [1.82, 2.24) is 5.32 Å². The average Bonchev–Trinajstić information content (AvgIpc) is 2.92. The third kappa shape index (κ3) is 4.12. The first-order valence-electron chi connectivity index (χ1n) is 6.25. The zero-order chi connectivity index (χ0) is 11.5. The minimum absolute atomic E-state index is 0.305. The summed E-state index contributed by atoms with van der Waals surface area (Å²) in [5, 5.41) is 3.62. The third-order valence-electron chi connectivity index (χ3n) is 3.67. The van der Waals surface area contributed by atoms with Crippen LogP contribution >= 0.6 is 0 Å². The van der Waals surface area contributed by atoms with E-state index in [0.29, 0.717) is 17.6 Å². The first-order chi connectivity index (χ1) is 6.99. The normalized spacial score (nSPS) is 22.8. The van der Waals surface area contributed by atoms with E-state index in [0.717, 1.165) is 5.92 Å². The van der Waals surface area contributed by atoms with Crippen LogP contribution in [-0.2, 0) is 4.74 Å². The number of hydrogen-bond donors (Lipinski definition) is 1. The minimum Gasteiger partial charge on any atom is -0.380 e. The van der Waals surface area contributed by atoms with Crippen LogP contribution in [0.2, 0.25) is 0 Å². The molecule has 1 fully saturated rings. The predicted molar refractivity (Wildman–Crippen MR) is 65.1 cm³/mol. The second kappa shape index (κ2) is 5.31. The van der Waals surface area contributed by atoms with E-state index in [1.165, 1.54) is 25.8 Å². The molecule has 0 aliphatic heterocycles. The van der Waals surface area contributed by atoms with Crippen molar-refractivity contribution in [2.75, 3.05) is 13.7 Å². The lowest BCUT2D eigenvalue weighted by molar-refractivity contribution is 0.0861. The molecule has 1 aliphatic rings. The van der Waals surface area contributed by atoms with Gasteiger partial charge in [0.25, 0.3) is 0 Å². The molecule has 0 amide bonds. The van der Waals surface area contributed by atoms with Gasteiger partial charge in [-0.15, -0.1) is 0 Å². The smallest absolute Gasteiger partial charge is 0.0693 e. The Balaban J connectivity index is 2.24. The lowest BCUT2D eigenvalue weighted by Crippen LogP contribution is -2.40. The largest absolute Gasteiger partial charge is 0.380 e. The van der Waals surface area contributed by atoms with Gasteiger partial charge in [-0.1, -0.05) is 13.8 Å². The Morgan fingerprint density at radius 3 is 2.20 bits per heavy atom. The van der Waals surface area contributed by atoms with E-state index in [-0.39, 0.29) is 0 Å². The molecule has 1 rings (SSSR count). The fraction of sp³-hybridized carbons (Fsp3) is 1.00. The van der Waals surface area contributed by atoms with Crippen LogP contribution in [0.15, 0.2) is 0 Å². The van der Waals surface area contributed by atoms with Gasteiger partial charge in [-0.25, -0.2) is 0 Å². The first kappa shape index (κ1) is 13.0. The molecule has 0 heterocycles. The standard InChI is InChI=1S/C13H27NO/c1-10(2)8-13(6-7-13)9-14-11(3)12(4)15-5/h10-12,14H,6-9H2,1-5H3. The highest BCUT2D eigenvalue weighted by molar-refractivity contribution is 4.96. The Morgan fingerprint density at radius 1 is 1.20 bits per heavy atom. The summed E-state index contributed by atoms with van der Waals surface area (Å²) in [6.07, 6.45) is 4.49. The molecule has 2 heteroatoms. The molecular formula is C13H27NO. The van der Waals surface area contributed by atoms with Crippen LogP contribution in [-0.4, -0.2) is 25.8 Å². The lowest BCUT2D eigenvalue weighted by atomic mass is 9.94. The number of rotatable bonds is 7. The highest BCUT2D eigenvalue weighted by Crippen LogP contribution is 2.50. The Bertz CT molecular complexity index is 187. The maximum Gasteiger partial charge on any atom is 0.0693 e. The van der Waals surface area contributed by atoms with Gasteiger partial charge in [-0.3, -0.25) is 0 Å². The van der Waals surface area contributed by atoms with E-state index < -0.39 is 0 Å². The van der Waals surface area contributed by atoms with Gasteiger partial charge in [0.1, 0.15) is 0 Å². The third-order valence-corrected chi connectivity index (χ3v) is 3.67. The number of nitrogens with one attached hydrogen (secondary N) is 1. The molecule has 2 atom stereocenters. The summed E-state index contributed by atoms with van der Waals surface area (Å²) in [6, 6.07) is 0.458. The van der Waals surface area contributed by atoms with Crippen LogP contribution in [0.25, 0.3) is 0 Å². The van der Waals surface area contributed by atoms with Crippen LogP contribution in [0.3, 0.4) is 0 Å².